The van der Waals surface area contributed by atoms with Gasteiger partial charge in [0.2, 0.25) is 5.91 Å². The van der Waals surface area contributed by atoms with Gasteiger partial charge in [-0.3, -0.25) is 14.6 Å². The number of hydrogen-bond donors (Lipinski definition) is 0. The molecule has 0 radical (unpaired) electrons. The average molecular weight is 340 g/mol. The zero-order valence-electron chi connectivity index (χ0n) is 12.2. The molecular formula is C15H22BrN3O. The third kappa shape index (κ3) is 4.58. The lowest BCUT2D eigenvalue weighted by Gasteiger charge is -2.34. The maximum absolute atomic E-state index is 11.7. The molecule has 1 saturated heterocycles. The molecule has 1 aliphatic rings. The van der Waals surface area contributed by atoms with E-state index in [4.69, 9.17) is 0 Å². The molecule has 0 bridgehead atoms. The van der Waals surface area contributed by atoms with Crippen LogP contribution in [0.3, 0.4) is 0 Å². The van der Waals surface area contributed by atoms with Crippen LogP contribution < -0.4 is 0 Å². The van der Waals surface area contributed by atoms with Crippen LogP contribution in [0.15, 0.2) is 28.7 Å². The first kappa shape index (κ1) is 15.5. The fourth-order valence-electron chi connectivity index (χ4n) is 2.29. The smallest absolute Gasteiger partial charge is 0.236 e. The van der Waals surface area contributed by atoms with Gasteiger partial charge in [-0.1, -0.05) is 28.1 Å². The molecular weight excluding hydrogens is 318 g/mol. The van der Waals surface area contributed by atoms with Crippen LogP contribution in [0.5, 0.6) is 0 Å². The Bertz CT molecular complexity index is 439. The standard InChI is InChI=1S/C15H22BrN3O/c1-17(2)15(20)12-19-9-7-18(8-10-19)11-13-3-5-14(16)6-4-13/h3-6H,7-12H2,1-2H3. The summed E-state index contributed by atoms with van der Waals surface area (Å²) in [6, 6.07) is 8.49. The summed E-state index contributed by atoms with van der Waals surface area (Å²) in [4.78, 5) is 18.0. The van der Waals surface area contributed by atoms with Crippen molar-refractivity contribution in [2.75, 3.05) is 46.8 Å². The second kappa shape index (κ2) is 7.20. The summed E-state index contributed by atoms with van der Waals surface area (Å²) in [5.74, 6) is 0.186. The zero-order chi connectivity index (χ0) is 14.5. The van der Waals surface area contributed by atoms with Gasteiger partial charge in [-0.05, 0) is 17.7 Å². The summed E-state index contributed by atoms with van der Waals surface area (Å²) in [6.45, 7) is 5.52. The van der Waals surface area contributed by atoms with E-state index in [1.54, 1.807) is 4.90 Å². The van der Waals surface area contributed by atoms with Crippen molar-refractivity contribution in [2.45, 2.75) is 6.54 Å². The number of amides is 1. The summed E-state index contributed by atoms with van der Waals surface area (Å²) in [6.07, 6.45) is 0. The molecule has 0 unspecified atom stereocenters. The van der Waals surface area contributed by atoms with E-state index in [1.807, 2.05) is 14.1 Å². The van der Waals surface area contributed by atoms with Crippen molar-refractivity contribution in [2.24, 2.45) is 0 Å². The molecule has 110 valence electrons. The number of hydrogen-bond acceptors (Lipinski definition) is 3. The average Bonchev–Trinajstić information content (AvgIpc) is 2.43. The van der Waals surface area contributed by atoms with E-state index in [0.29, 0.717) is 6.54 Å². The van der Waals surface area contributed by atoms with Gasteiger partial charge in [-0.15, -0.1) is 0 Å². The normalized spacial score (nSPS) is 17.1. The molecule has 1 aromatic carbocycles. The van der Waals surface area contributed by atoms with Crippen molar-refractivity contribution in [3.63, 3.8) is 0 Å². The van der Waals surface area contributed by atoms with Crippen LogP contribution in [0.1, 0.15) is 5.56 Å². The quantitative estimate of drug-likeness (QED) is 0.834. The highest BCUT2D eigenvalue weighted by atomic mass is 79.9. The van der Waals surface area contributed by atoms with Crippen molar-refractivity contribution in [1.29, 1.82) is 0 Å². The van der Waals surface area contributed by atoms with E-state index < -0.39 is 0 Å². The summed E-state index contributed by atoms with van der Waals surface area (Å²) in [5.41, 5.74) is 1.34. The number of piperazine rings is 1. The van der Waals surface area contributed by atoms with Crippen LogP contribution in [-0.2, 0) is 11.3 Å². The summed E-state index contributed by atoms with van der Waals surface area (Å²) in [7, 11) is 3.62. The van der Waals surface area contributed by atoms with Crippen LogP contribution in [0.25, 0.3) is 0 Å². The van der Waals surface area contributed by atoms with Gasteiger partial charge >= 0.3 is 0 Å². The highest BCUT2D eigenvalue weighted by Gasteiger charge is 2.19. The van der Waals surface area contributed by atoms with Gasteiger partial charge in [0.1, 0.15) is 0 Å². The van der Waals surface area contributed by atoms with E-state index in [2.05, 4.69) is 50.0 Å². The topological polar surface area (TPSA) is 26.8 Å². The van der Waals surface area contributed by atoms with Crippen LogP contribution in [0.2, 0.25) is 0 Å². The third-order valence-electron chi connectivity index (χ3n) is 3.64. The molecule has 1 heterocycles. The van der Waals surface area contributed by atoms with E-state index in [1.165, 1.54) is 5.56 Å². The van der Waals surface area contributed by atoms with E-state index >= 15 is 0 Å². The molecule has 5 heteroatoms. The van der Waals surface area contributed by atoms with Gasteiger partial charge in [-0.2, -0.15) is 0 Å². The van der Waals surface area contributed by atoms with E-state index in [-0.39, 0.29) is 5.91 Å². The predicted octanol–water partition coefficient (Wildman–Crippen LogP) is 1.65. The Morgan fingerprint density at radius 1 is 1.10 bits per heavy atom. The Labute approximate surface area is 129 Å². The molecule has 0 N–H and O–H groups in total. The van der Waals surface area contributed by atoms with E-state index in [0.717, 1.165) is 37.2 Å². The lowest BCUT2D eigenvalue weighted by Crippen LogP contribution is -2.48. The van der Waals surface area contributed by atoms with Crippen molar-refractivity contribution >= 4 is 21.8 Å². The number of halogens is 1. The molecule has 4 nitrogen and oxygen atoms in total. The first-order valence-corrected chi connectivity index (χ1v) is 7.73. The Morgan fingerprint density at radius 3 is 2.20 bits per heavy atom. The van der Waals surface area contributed by atoms with Gasteiger partial charge in [0, 0.05) is 51.3 Å². The number of likely N-dealkylation sites (N-methyl/N-ethyl adjacent to an activating group) is 1. The highest BCUT2D eigenvalue weighted by Crippen LogP contribution is 2.13. The van der Waals surface area contributed by atoms with Crippen molar-refractivity contribution in [3.8, 4) is 0 Å². The largest absolute Gasteiger partial charge is 0.348 e. The number of carbonyl (C=O) groups is 1. The lowest BCUT2D eigenvalue weighted by atomic mass is 10.2. The molecule has 2 rings (SSSR count). The third-order valence-corrected chi connectivity index (χ3v) is 4.17. The van der Waals surface area contributed by atoms with Crippen LogP contribution in [0.4, 0.5) is 0 Å². The Kier molecular flexibility index (Phi) is 5.57. The Balaban J connectivity index is 1.77. The van der Waals surface area contributed by atoms with Gasteiger partial charge in [0.15, 0.2) is 0 Å². The van der Waals surface area contributed by atoms with Crippen LogP contribution >= 0.6 is 15.9 Å². The fraction of sp³-hybridized carbons (Fsp3) is 0.533. The van der Waals surface area contributed by atoms with Gasteiger partial charge in [-0.25, -0.2) is 0 Å². The van der Waals surface area contributed by atoms with Crippen molar-refractivity contribution < 1.29 is 4.79 Å². The molecule has 20 heavy (non-hydrogen) atoms. The number of rotatable bonds is 4. The summed E-state index contributed by atoms with van der Waals surface area (Å²) >= 11 is 3.46. The van der Waals surface area contributed by atoms with Gasteiger partial charge < -0.3 is 4.90 Å². The van der Waals surface area contributed by atoms with Crippen LogP contribution in [-0.4, -0.2) is 67.4 Å². The van der Waals surface area contributed by atoms with Crippen molar-refractivity contribution in [1.82, 2.24) is 14.7 Å². The summed E-state index contributed by atoms with van der Waals surface area (Å²) < 4.78 is 1.12. The second-order valence-corrected chi connectivity index (χ2v) is 6.38. The minimum atomic E-state index is 0.186. The molecule has 1 amide bonds. The zero-order valence-corrected chi connectivity index (χ0v) is 13.8. The first-order chi connectivity index (χ1) is 9.54. The highest BCUT2D eigenvalue weighted by molar-refractivity contribution is 9.10. The molecule has 1 aromatic rings. The van der Waals surface area contributed by atoms with Crippen LogP contribution in [0, 0.1) is 0 Å². The predicted molar refractivity (Wildman–Crippen MR) is 84.6 cm³/mol. The molecule has 0 spiro atoms. The molecule has 0 aliphatic carbocycles. The molecule has 0 aromatic heterocycles. The van der Waals surface area contributed by atoms with E-state index in [9.17, 15) is 4.79 Å². The minimum absolute atomic E-state index is 0.186. The second-order valence-electron chi connectivity index (χ2n) is 5.47. The Morgan fingerprint density at radius 2 is 1.65 bits per heavy atom. The van der Waals surface area contributed by atoms with Crippen molar-refractivity contribution in [3.05, 3.63) is 34.3 Å². The maximum Gasteiger partial charge on any atom is 0.236 e. The van der Waals surface area contributed by atoms with Gasteiger partial charge in [0.05, 0.1) is 6.54 Å². The fourth-order valence-corrected chi connectivity index (χ4v) is 2.55. The molecule has 0 atom stereocenters. The molecule has 1 aliphatic heterocycles. The summed E-state index contributed by atoms with van der Waals surface area (Å²) in [5, 5.41) is 0. The number of carbonyl (C=O) groups excluding carboxylic acids is 1. The SMILES string of the molecule is CN(C)C(=O)CN1CCN(Cc2ccc(Br)cc2)CC1. The monoisotopic (exact) mass is 339 g/mol. The Hall–Kier alpha value is -0.910. The first-order valence-electron chi connectivity index (χ1n) is 6.94. The lowest BCUT2D eigenvalue weighted by molar-refractivity contribution is -0.130. The number of nitrogens with zero attached hydrogens (tertiary/aromatic N) is 3. The minimum Gasteiger partial charge on any atom is -0.348 e. The van der Waals surface area contributed by atoms with Gasteiger partial charge in [0.25, 0.3) is 0 Å². The molecule has 1 fully saturated rings. The molecule has 0 saturated carbocycles. The maximum atomic E-state index is 11.7. The number of benzene rings is 1.